The summed E-state index contributed by atoms with van der Waals surface area (Å²) in [7, 11) is 0. The Kier molecular flexibility index (Phi) is 5.08. The highest BCUT2D eigenvalue weighted by Crippen LogP contribution is 2.24. The molecule has 0 bridgehead atoms. The van der Waals surface area contributed by atoms with E-state index in [4.69, 9.17) is 0 Å². The van der Waals surface area contributed by atoms with E-state index in [1.54, 1.807) is 4.68 Å². The van der Waals surface area contributed by atoms with E-state index in [1.807, 2.05) is 38.1 Å². The van der Waals surface area contributed by atoms with Crippen LogP contribution in [0.25, 0.3) is 5.69 Å². The lowest BCUT2D eigenvalue weighted by atomic mass is 10.1. The number of carbonyl (C=O) groups excluding carboxylic acids is 2. The number of carbonyl (C=O) groups is 2. The van der Waals surface area contributed by atoms with Gasteiger partial charge in [-0.15, -0.1) is 0 Å². The lowest BCUT2D eigenvalue weighted by molar-refractivity contribution is -0.124. The first kappa shape index (κ1) is 17.5. The number of amides is 3. The summed E-state index contributed by atoms with van der Waals surface area (Å²) < 4.78 is 2.66. The first-order valence-electron chi connectivity index (χ1n) is 8.13. The Morgan fingerprint density at radius 3 is 2.72 bits per heavy atom. The molecule has 1 aromatic heterocycles. The number of hydrogen-bond acceptors (Lipinski definition) is 3. The van der Waals surface area contributed by atoms with Gasteiger partial charge in [0.05, 0.1) is 11.4 Å². The van der Waals surface area contributed by atoms with Crippen LogP contribution in [0.5, 0.6) is 0 Å². The summed E-state index contributed by atoms with van der Waals surface area (Å²) in [6, 6.07) is 6.74. The molecule has 1 saturated heterocycles. The highest BCUT2D eigenvalue weighted by Gasteiger charge is 2.24. The molecule has 0 spiro atoms. The SMILES string of the molecule is Cc1nn(-c2ccc(Br)cc2)c(NC(=O)NC2CCCNC2=O)c1C. The number of nitrogens with one attached hydrogen (secondary N) is 3. The second kappa shape index (κ2) is 7.26. The van der Waals surface area contributed by atoms with Crippen LogP contribution in [0.3, 0.4) is 0 Å². The zero-order valence-electron chi connectivity index (χ0n) is 14.1. The van der Waals surface area contributed by atoms with Crippen LogP contribution >= 0.6 is 15.9 Å². The van der Waals surface area contributed by atoms with Gasteiger partial charge in [-0.3, -0.25) is 10.1 Å². The van der Waals surface area contributed by atoms with Gasteiger partial charge < -0.3 is 10.6 Å². The number of rotatable bonds is 3. The van der Waals surface area contributed by atoms with Crippen LogP contribution in [0.2, 0.25) is 0 Å². The van der Waals surface area contributed by atoms with Gasteiger partial charge in [-0.1, -0.05) is 15.9 Å². The molecular formula is C17H20BrN5O2. The van der Waals surface area contributed by atoms with Gasteiger partial charge in [-0.25, -0.2) is 9.48 Å². The molecule has 2 heterocycles. The molecule has 3 amide bonds. The van der Waals surface area contributed by atoms with Crippen LogP contribution in [0.4, 0.5) is 10.6 Å². The Bertz CT molecular complexity index is 800. The molecule has 1 aliphatic heterocycles. The second-order valence-corrected chi connectivity index (χ2v) is 6.95. The Morgan fingerprint density at radius 1 is 1.32 bits per heavy atom. The van der Waals surface area contributed by atoms with Crippen molar-refractivity contribution in [3.63, 3.8) is 0 Å². The minimum absolute atomic E-state index is 0.143. The Labute approximate surface area is 154 Å². The third kappa shape index (κ3) is 3.84. The topological polar surface area (TPSA) is 88.1 Å². The van der Waals surface area contributed by atoms with E-state index in [1.165, 1.54) is 0 Å². The van der Waals surface area contributed by atoms with Crippen LogP contribution in [0.15, 0.2) is 28.7 Å². The van der Waals surface area contributed by atoms with Gasteiger partial charge in [0.1, 0.15) is 11.9 Å². The van der Waals surface area contributed by atoms with Gasteiger partial charge in [-0.05, 0) is 51.0 Å². The maximum absolute atomic E-state index is 12.4. The van der Waals surface area contributed by atoms with E-state index in [9.17, 15) is 9.59 Å². The predicted octanol–water partition coefficient (Wildman–Crippen LogP) is 2.65. The van der Waals surface area contributed by atoms with Crippen molar-refractivity contribution in [2.45, 2.75) is 32.7 Å². The van der Waals surface area contributed by atoms with Crippen molar-refractivity contribution in [1.29, 1.82) is 0 Å². The molecule has 8 heteroatoms. The lowest BCUT2D eigenvalue weighted by Crippen LogP contribution is -2.51. The summed E-state index contributed by atoms with van der Waals surface area (Å²) >= 11 is 3.41. The van der Waals surface area contributed by atoms with Crippen molar-refractivity contribution in [3.05, 3.63) is 40.0 Å². The van der Waals surface area contributed by atoms with E-state index in [2.05, 4.69) is 37.0 Å². The first-order chi connectivity index (χ1) is 12.0. The average Bonchev–Trinajstić information content (AvgIpc) is 2.86. The fourth-order valence-corrected chi connectivity index (χ4v) is 3.00. The maximum Gasteiger partial charge on any atom is 0.321 e. The normalized spacial score (nSPS) is 17.1. The Morgan fingerprint density at radius 2 is 2.04 bits per heavy atom. The number of aromatic nitrogens is 2. The summed E-state index contributed by atoms with van der Waals surface area (Å²) in [4.78, 5) is 24.2. The number of halogens is 1. The van der Waals surface area contributed by atoms with E-state index >= 15 is 0 Å². The smallest absolute Gasteiger partial charge is 0.321 e. The van der Waals surface area contributed by atoms with Crippen molar-refractivity contribution in [1.82, 2.24) is 20.4 Å². The molecule has 132 valence electrons. The molecule has 1 fully saturated rings. The zero-order chi connectivity index (χ0) is 18.0. The first-order valence-corrected chi connectivity index (χ1v) is 8.92. The van der Waals surface area contributed by atoms with Crippen molar-refractivity contribution in [2.24, 2.45) is 0 Å². The van der Waals surface area contributed by atoms with Crippen LogP contribution in [0, 0.1) is 13.8 Å². The minimum Gasteiger partial charge on any atom is -0.354 e. The largest absolute Gasteiger partial charge is 0.354 e. The number of anilines is 1. The van der Waals surface area contributed by atoms with Crippen LogP contribution in [0.1, 0.15) is 24.1 Å². The van der Waals surface area contributed by atoms with E-state index < -0.39 is 12.1 Å². The van der Waals surface area contributed by atoms with Gasteiger partial charge in [-0.2, -0.15) is 5.10 Å². The fraction of sp³-hybridized carbons (Fsp3) is 0.353. The quantitative estimate of drug-likeness (QED) is 0.733. The van der Waals surface area contributed by atoms with Crippen molar-refractivity contribution in [3.8, 4) is 5.69 Å². The lowest BCUT2D eigenvalue weighted by Gasteiger charge is -2.23. The predicted molar refractivity (Wildman–Crippen MR) is 98.9 cm³/mol. The van der Waals surface area contributed by atoms with E-state index in [0.717, 1.165) is 27.8 Å². The van der Waals surface area contributed by atoms with Gasteiger partial charge in [0.2, 0.25) is 5.91 Å². The third-order valence-corrected chi connectivity index (χ3v) is 4.78. The van der Waals surface area contributed by atoms with Crippen LogP contribution < -0.4 is 16.0 Å². The van der Waals surface area contributed by atoms with Crippen molar-refractivity contribution in [2.75, 3.05) is 11.9 Å². The van der Waals surface area contributed by atoms with Crippen LogP contribution in [-0.2, 0) is 4.79 Å². The number of nitrogens with zero attached hydrogens (tertiary/aromatic N) is 2. The molecule has 2 aromatic rings. The second-order valence-electron chi connectivity index (χ2n) is 6.03. The Balaban J connectivity index is 1.80. The highest BCUT2D eigenvalue weighted by molar-refractivity contribution is 9.10. The molecule has 1 atom stereocenters. The maximum atomic E-state index is 12.4. The summed E-state index contributed by atoms with van der Waals surface area (Å²) in [6.45, 7) is 4.45. The number of urea groups is 1. The molecule has 0 radical (unpaired) electrons. The van der Waals surface area contributed by atoms with E-state index in [0.29, 0.717) is 18.8 Å². The average molecular weight is 406 g/mol. The molecular weight excluding hydrogens is 386 g/mol. The van der Waals surface area contributed by atoms with Crippen molar-refractivity contribution < 1.29 is 9.59 Å². The molecule has 1 aliphatic rings. The molecule has 25 heavy (non-hydrogen) atoms. The molecule has 0 saturated carbocycles. The molecule has 1 unspecified atom stereocenters. The number of aryl methyl sites for hydroxylation is 1. The molecule has 3 N–H and O–H groups in total. The highest BCUT2D eigenvalue weighted by atomic mass is 79.9. The molecule has 1 aromatic carbocycles. The van der Waals surface area contributed by atoms with Crippen molar-refractivity contribution >= 4 is 33.7 Å². The number of piperidine rings is 1. The van der Waals surface area contributed by atoms with Crippen LogP contribution in [-0.4, -0.2) is 34.3 Å². The molecule has 0 aliphatic carbocycles. The third-order valence-electron chi connectivity index (χ3n) is 4.25. The van der Waals surface area contributed by atoms with Gasteiger partial charge >= 0.3 is 6.03 Å². The summed E-state index contributed by atoms with van der Waals surface area (Å²) in [5.41, 5.74) is 2.55. The van der Waals surface area contributed by atoms with Gasteiger partial charge in [0.15, 0.2) is 0 Å². The summed E-state index contributed by atoms with van der Waals surface area (Å²) in [6.07, 6.45) is 1.49. The minimum atomic E-state index is -0.501. The molecule has 3 rings (SSSR count). The van der Waals surface area contributed by atoms with Gasteiger partial charge in [0.25, 0.3) is 0 Å². The molecule has 7 nitrogen and oxygen atoms in total. The Hall–Kier alpha value is -2.35. The van der Waals surface area contributed by atoms with E-state index in [-0.39, 0.29) is 5.91 Å². The fourth-order valence-electron chi connectivity index (χ4n) is 2.73. The number of hydrogen-bond donors (Lipinski definition) is 3. The zero-order valence-corrected chi connectivity index (χ0v) is 15.7. The summed E-state index contributed by atoms with van der Waals surface area (Å²) in [5, 5.41) is 12.8. The number of benzene rings is 1. The van der Waals surface area contributed by atoms with Gasteiger partial charge in [0, 0.05) is 16.6 Å². The monoisotopic (exact) mass is 405 g/mol. The standard InChI is InChI=1S/C17H20BrN5O2/c1-10-11(2)22-23(13-7-5-12(18)6-8-13)15(10)21-17(25)20-14-4-3-9-19-16(14)24/h5-8,14H,3-4,9H2,1-2H3,(H,19,24)(H2,20,21,25). The summed E-state index contributed by atoms with van der Waals surface area (Å²) in [5.74, 6) is 0.448.